The van der Waals surface area contributed by atoms with Crippen LogP contribution in [0.15, 0.2) is 0 Å². The Labute approximate surface area is 68.8 Å². The number of hydrogen-bond acceptors (Lipinski definition) is 1. The molecular formula is C10H16O. The van der Waals surface area contributed by atoms with Gasteiger partial charge in [0.15, 0.2) is 0 Å². The van der Waals surface area contributed by atoms with Gasteiger partial charge >= 0.3 is 0 Å². The highest BCUT2D eigenvalue weighted by Gasteiger charge is 2.35. The minimum absolute atomic E-state index is 0.518. The maximum Gasteiger partial charge on any atom is 0.0759 e. The molecule has 1 heteroatoms. The molecule has 0 bridgehead atoms. The Bertz CT molecular complexity index is 168. The molecule has 0 aromatic rings. The average molecular weight is 152 g/mol. The fraction of sp³-hybridized carbons (Fsp3) is 0.800. The van der Waals surface area contributed by atoms with Gasteiger partial charge in [-0.2, -0.15) is 0 Å². The predicted octanol–water partition coefficient (Wildman–Crippen LogP) is 1.95. The first-order chi connectivity index (χ1) is 5.20. The monoisotopic (exact) mass is 152 g/mol. The lowest BCUT2D eigenvalue weighted by Gasteiger charge is -2.19. The Hall–Kier alpha value is -0.480. The van der Waals surface area contributed by atoms with Crippen LogP contribution in [0, 0.1) is 18.3 Å². The van der Waals surface area contributed by atoms with Gasteiger partial charge < -0.3 is 5.11 Å². The van der Waals surface area contributed by atoms with Crippen LogP contribution in [0.3, 0.4) is 0 Å². The highest BCUT2D eigenvalue weighted by atomic mass is 16.3. The molecule has 1 aliphatic rings. The van der Waals surface area contributed by atoms with Gasteiger partial charge in [0, 0.05) is 6.42 Å². The molecule has 0 radical (unpaired) electrons. The zero-order valence-corrected chi connectivity index (χ0v) is 7.14. The van der Waals surface area contributed by atoms with Crippen LogP contribution in [0.1, 0.15) is 39.0 Å². The summed E-state index contributed by atoms with van der Waals surface area (Å²) in [6, 6.07) is 0. The fourth-order valence-corrected chi connectivity index (χ4v) is 1.91. The van der Waals surface area contributed by atoms with Crippen LogP contribution < -0.4 is 0 Å². The topological polar surface area (TPSA) is 20.2 Å². The van der Waals surface area contributed by atoms with Crippen molar-refractivity contribution in [2.45, 2.75) is 44.6 Å². The van der Waals surface area contributed by atoms with Crippen LogP contribution >= 0.6 is 0 Å². The third kappa shape index (κ3) is 1.97. The van der Waals surface area contributed by atoms with Gasteiger partial charge in [-0.05, 0) is 25.2 Å². The number of terminal acetylenes is 1. The first-order valence-corrected chi connectivity index (χ1v) is 4.36. The Balaban J connectivity index is 2.45. The number of rotatable bonds is 2. The molecule has 0 spiro atoms. The minimum Gasteiger partial charge on any atom is -0.389 e. The summed E-state index contributed by atoms with van der Waals surface area (Å²) in [6.07, 6.45) is 9.83. The number of hydrogen-bond donors (Lipinski definition) is 1. The van der Waals surface area contributed by atoms with E-state index in [1.54, 1.807) is 0 Å². The van der Waals surface area contributed by atoms with E-state index >= 15 is 0 Å². The van der Waals surface area contributed by atoms with Crippen LogP contribution in [-0.2, 0) is 0 Å². The molecule has 0 aliphatic heterocycles. The molecule has 2 unspecified atom stereocenters. The smallest absolute Gasteiger partial charge is 0.0759 e. The molecule has 1 saturated carbocycles. The standard InChI is InChI=1S/C10H16O/c1-3-6-10(11)7-5-9(4-2)8-10/h1,9,11H,4-8H2,2H3. The second-order valence-corrected chi connectivity index (χ2v) is 3.62. The van der Waals surface area contributed by atoms with Crippen LogP contribution in [0.2, 0.25) is 0 Å². The van der Waals surface area contributed by atoms with E-state index in [1.807, 2.05) is 0 Å². The summed E-state index contributed by atoms with van der Waals surface area (Å²) in [6.45, 7) is 2.17. The fourth-order valence-electron chi connectivity index (χ4n) is 1.91. The van der Waals surface area contributed by atoms with Gasteiger partial charge in [-0.15, -0.1) is 12.3 Å². The summed E-state index contributed by atoms with van der Waals surface area (Å²) in [7, 11) is 0. The molecule has 0 heterocycles. The molecular weight excluding hydrogens is 136 g/mol. The van der Waals surface area contributed by atoms with Crippen molar-refractivity contribution in [3.8, 4) is 12.3 Å². The summed E-state index contributed by atoms with van der Waals surface area (Å²) < 4.78 is 0. The SMILES string of the molecule is C#CCC1(O)CCC(CC)C1. The van der Waals surface area contributed by atoms with Crippen molar-refractivity contribution in [2.75, 3.05) is 0 Å². The Morgan fingerprint density at radius 3 is 2.91 bits per heavy atom. The molecule has 0 amide bonds. The van der Waals surface area contributed by atoms with E-state index in [0.29, 0.717) is 12.3 Å². The van der Waals surface area contributed by atoms with Gasteiger partial charge in [0.2, 0.25) is 0 Å². The highest BCUT2D eigenvalue weighted by molar-refractivity contribution is 4.99. The largest absolute Gasteiger partial charge is 0.389 e. The lowest BCUT2D eigenvalue weighted by molar-refractivity contribution is 0.0486. The van der Waals surface area contributed by atoms with E-state index < -0.39 is 5.60 Å². The van der Waals surface area contributed by atoms with Gasteiger partial charge in [0.25, 0.3) is 0 Å². The van der Waals surface area contributed by atoms with Gasteiger partial charge in [0.05, 0.1) is 5.60 Å². The van der Waals surface area contributed by atoms with Crippen molar-refractivity contribution in [1.82, 2.24) is 0 Å². The van der Waals surface area contributed by atoms with Gasteiger partial charge in [-0.1, -0.05) is 13.3 Å². The van der Waals surface area contributed by atoms with E-state index in [4.69, 9.17) is 6.42 Å². The molecule has 11 heavy (non-hydrogen) atoms. The molecule has 62 valence electrons. The van der Waals surface area contributed by atoms with Crippen LogP contribution in [-0.4, -0.2) is 10.7 Å². The first kappa shape index (κ1) is 8.62. The van der Waals surface area contributed by atoms with Crippen molar-refractivity contribution in [3.63, 3.8) is 0 Å². The second kappa shape index (κ2) is 3.28. The zero-order valence-electron chi connectivity index (χ0n) is 7.14. The van der Waals surface area contributed by atoms with Gasteiger partial charge in [0.1, 0.15) is 0 Å². The predicted molar refractivity (Wildman–Crippen MR) is 46.0 cm³/mol. The molecule has 1 N–H and O–H groups in total. The Morgan fingerprint density at radius 1 is 1.73 bits per heavy atom. The maximum absolute atomic E-state index is 9.85. The van der Waals surface area contributed by atoms with Crippen molar-refractivity contribution >= 4 is 0 Å². The van der Waals surface area contributed by atoms with Crippen molar-refractivity contribution < 1.29 is 5.11 Å². The van der Waals surface area contributed by atoms with Crippen molar-refractivity contribution in [2.24, 2.45) is 5.92 Å². The number of aliphatic hydroxyl groups is 1. The summed E-state index contributed by atoms with van der Waals surface area (Å²) >= 11 is 0. The van der Waals surface area contributed by atoms with Crippen LogP contribution in [0.4, 0.5) is 0 Å². The molecule has 2 atom stereocenters. The van der Waals surface area contributed by atoms with E-state index in [1.165, 1.54) is 6.42 Å². The van der Waals surface area contributed by atoms with E-state index in [-0.39, 0.29) is 0 Å². The third-order valence-electron chi connectivity index (χ3n) is 2.70. The highest BCUT2D eigenvalue weighted by Crippen LogP contribution is 2.37. The van der Waals surface area contributed by atoms with Gasteiger partial charge in [-0.25, -0.2) is 0 Å². The minimum atomic E-state index is -0.518. The molecule has 1 rings (SSSR count). The normalized spacial score (nSPS) is 37.0. The second-order valence-electron chi connectivity index (χ2n) is 3.62. The third-order valence-corrected chi connectivity index (χ3v) is 2.70. The van der Waals surface area contributed by atoms with Crippen molar-refractivity contribution in [3.05, 3.63) is 0 Å². The molecule has 0 aromatic heterocycles. The molecule has 0 saturated heterocycles. The average Bonchev–Trinajstić information content (AvgIpc) is 2.33. The summed E-state index contributed by atoms with van der Waals surface area (Å²) in [5.41, 5.74) is -0.518. The van der Waals surface area contributed by atoms with Gasteiger partial charge in [-0.3, -0.25) is 0 Å². The van der Waals surface area contributed by atoms with Crippen molar-refractivity contribution in [1.29, 1.82) is 0 Å². The Kier molecular flexibility index (Phi) is 2.57. The maximum atomic E-state index is 9.85. The lowest BCUT2D eigenvalue weighted by atomic mass is 9.96. The van der Waals surface area contributed by atoms with E-state index in [0.717, 1.165) is 19.3 Å². The van der Waals surface area contributed by atoms with Crippen LogP contribution in [0.25, 0.3) is 0 Å². The Morgan fingerprint density at radius 2 is 2.45 bits per heavy atom. The van der Waals surface area contributed by atoms with Crippen LogP contribution in [0.5, 0.6) is 0 Å². The van der Waals surface area contributed by atoms with E-state index in [2.05, 4.69) is 12.8 Å². The summed E-state index contributed by atoms with van der Waals surface area (Å²) in [5.74, 6) is 3.25. The summed E-state index contributed by atoms with van der Waals surface area (Å²) in [4.78, 5) is 0. The molecule has 1 nitrogen and oxygen atoms in total. The zero-order chi connectivity index (χ0) is 8.32. The van der Waals surface area contributed by atoms with E-state index in [9.17, 15) is 5.11 Å². The molecule has 0 aromatic carbocycles. The quantitative estimate of drug-likeness (QED) is 0.600. The first-order valence-electron chi connectivity index (χ1n) is 4.36. The molecule has 1 fully saturated rings. The lowest BCUT2D eigenvalue weighted by Crippen LogP contribution is -2.23. The summed E-state index contributed by atoms with van der Waals surface area (Å²) in [5, 5.41) is 9.85. The molecule has 1 aliphatic carbocycles.